The second-order valence-corrected chi connectivity index (χ2v) is 1.11. The van der Waals surface area contributed by atoms with Crippen LogP contribution in [0.1, 0.15) is 0 Å². The third kappa shape index (κ3) is 2.34. The van der Waals surface area contributed by atoms with E-state index >= 15 is 0 Å². The second-order valence-electron chi connectivity index (χ2n) is 1.11. The van der Waals surface area contributed by atoms with Crippen molar-refractivity contribution < 1.29 is 14.6 Å². The van der Waals surface area contributed by atoms with Gasteiger partial charge in [0.1, 0.15) is 0 Å². The zero-order valence-electron chi connectivity index (χ0n) is 4.75. The van der Waals surface area contributed by atoms with E-state index in [1.807, 2.05) is 0 Å². The van der Waals surface area contributed by atoms with Crippen LogP contribution >= 0.6 is 0 Å². The van der Waals surface area contributed by atoms with Gasteiger partial charge in [0, 0.05) is 0 Å². The van der Waals surface area contributed by atoms with Gasteiger partial charge in [0.2, 0.25) is 0 Å². The quantitative estimate of drug-likeness (QED) is 0.201. The van der Waals surface area contributed by atoms with Gasteiger partial charge in [-0.3, -0.25) is 0 Å². The van der Waals surface area contributed by atoms with E-state index in [4.69, 9.17) is 6.57 Å². The number of esters is 1. The van der Waals surface area contributed by atoms with E-state index in [-0.39, 0.29) is 0 Å². The molecule has 0 heterocycles. The first-order valence-electron chi connectivity index (χ1n) is 2.04. The number of methoxy groups -OCH3 is 1. The molecule has 0 aliphatic rings. The zero-order chi connectivity index (χ0) is 7.28. The van der Waals surface area contributed by atoms with Crippen LogP contribution in [0, 0.1) is 6.57 Å². The first-order chi connectivity index (χ1) is 4.22. The number of hydrogen-bond acceptors (Lipinski definition) is 3. The number of nitrogens with zero attached hydrogens (tertiary/aromatic N) is 1. The van der Waals surface area contributed by atoms with E-state index < -0.39 is 11.7 Å². The van der Waals surface area contributed by atoms with E-state index in [1.165, 1.54) is 0 Å². The third-order valence-electron chi connectivity index (χ3n) is 0.568. The topological polar surface area (TPSA) is 53.7 Å². The molecule has 0 rings (SSSR count). The number of rotatable bonds is 1. The van der Waals surface area contributed by atoms with Crippen LogP contribution in [0.5, 0.6) is 0 Å². The summed E-state index contributed by atoms with van der Waals surface area (Å²) >= 11 is 0. The maximum atomic E-state index is 10.2. The van der Waals surface area contributed by atoms with Gasteiger partial charge in [-0.05, 0) is 5.76 Å². The van der Waals surface area contributed by atoms with Gasteiger partial charge >= 0.3 is 5.97 Å². The number of carbonyl (C=O) groups excluding carboxylic acids is 1. The van der Waals surface area contributed by atoms with Gasteiger partial charge < -0.3 is 9.84 Å². The molecule has 0 saturated heterocycles. The van der Waals surface area contributed by atoms with Crippen LogP contribution in [-0.4, -0.2) is 13.1 Å². The lowest BCUT2D eigenvalue weighted by Gasteiger charge is -2.05. The molecule has 4 heteroatoms. The summed E-state index contributed by atoms with van der Waals surface area (Å²) in [7, 11) is 1.08. The van der Waals surface area contributed by atoms with E-state index in [2.05, 4.69) is 9.58 Å². The Labute approximate surface area is 52.2 Å². The van der Waals surface area contributed by atoms with E-state index in [9.17, 15) is 9.90 Å². The first-order valence-corrected chi connectivity index (χ1v) is 2.04. The van der Waals surface area contributed by atoms with Crippen LogP contribution in [-0.2, 0) is 9.53 Å². The zero-order valence-corrected chi connectivity index (χ0v) is 4.75. The molecule has 0 N–H and O–H groups in total. The minimum Gasteiger partial charge on any atom is -0.877 e. The van der Waals surface area contributed by atoms with Crippen molar-refractivity contribution >= 4 is 5.97 Å². The first kappa shape index (κ1) is 7.50. The highest BCUT2D eigenvalue weighted by Gasteiger charge is 1.92. The lowest BCUT2D eigenvalue weighted by Crippen LogP contribution is -2.15. The van der Waals surface area contributed by atoms with Crippen molar-refractivity contribution in [3.05, 3.63) is 23.4 Å². The van der Waals surface area contributed by atoms with Gasteiger partial charge in [-0.15, -0.1) is 0 Å². The maximum absolute atomic E-state index is 10.2. The molecule has 0 saturated carbocycles. The highest BCUT2D eigenvalue weighted by Crippen LogP contribution is 1.85. The normalized spacial score (nSPS) is 10.0. The molecule has 0 amide bonds. The van der Waals surface area contributed by atoms with Gasteiger partial charge in [0.15, 0.2) is 6.20 Å². The Morgan fingerprint density at radius 2 is 2.44 bits per heavy atom. The Kier molecular flexibility index (Phi) is 2.91. The second kappa shape index (κ2) is 3.50. The lowest BCUT2D eigenvalue weighted by atomic mass is 10.5. The smallest absolute Gasteiger partial charge is 0.310 e. The number of hydrogen-bond donors (Lipinski definition) is 0. The predicted molar refractivity (Wildman–Crippen MR) is 26.7 cm³/mol. The third-order valence-corrected chi connectivity index (χ3v) is 0.568. The minimum atomic E-state index is -1.01. The molecule has 0 bridgehead atoms. The van der Waals surface area contributed by atoms with Gasteiger partial charge in [-0.2, -0.15) is 0 Å². The fourth-order valence-electron chi connectivity index (χ4n) is 0.212. The minimum absolute atomic E-state index is 0.575. The standard InChI is InChI=1S/C5H5NO3/c1-6-3-4(7)5(8)9-2/h3,7H,2H3/p-1/b4-3-. The van der Waals surface area contributed by atoms with E-state index in [0.29, 0.717) is 6.20 Å². The van der Waals surface area contributed by atoms with Crippen LogP contribution in [0.4, 0.5) is 0 Å². The molecule has 0 aliphatic heterocycles. The van der Waals surface area contributed by atoms with Crippen LogP contribution in [0.3, 0.4) is 0 Å². The average molecular weight is 126 g/mol. The summed E-state index contributed by atoms with van der Waals surface area (Å²) in [4.78, 5) is 12.7. The molecule has 0 atom stereocenters. The molecule has 0 fully saturated rings. The van der Waals surface area contributed by atoms with Crippen LogP contribution < -0.4 is 5.11 Å². The fraction of sp³-hybridized carbons (Fsp3) is 0.200. The van der Waals surface area contributed by atoms with Crippen molar-refractivity contribution in [3.63, 3.8) is 0 Å². The Morgan fingerprint density at radius 3 is 2.78 bits per heavy atom. The number of carbonyl (C=O) groups is 1. The summed E-state index contributed by atoms with van der Waals surface area (Å²) in [6.45, 7) is 6.14. The van der Waals surface area contributed by atoms with Gasteiger partial charge in [-0.1, -0.05) is 0 Å². The van der Waals surface area contributed by atoms with Crippen LogP contribution in [0.2, 0.25) is 0 Å². The van der Waals surface area contributed by atoms with E-state index in [1.54, 1.807) is 0 Å². The van der Waals surface area contributed by atoms with E-state index in [0.717, 1.165) is 7.11 Å². The van der Waals surface area contributed by atoms with Crippen molar-refractivity contribution in [1.29, 1.82) is 0 Å². The molecule has 9 heavy (non-hydrogen) atoms. The SMILES string of the molecule is [C-]#[N+]/C=C(\[O-])C(=O)OC. The van der Waals surface area contributed by atoms with Crippen LogP contribution in [0.15, 0.2) is 12.0 Å². The maximum Gasteiger partial charge on any atom is 0.310 e. The number of ether oxygens (including phenoxy) is 1. The molecule has 0 aromatic rings. The van der Waals surface area contributed by atoms with Crippen molar-refractivity contribution in [3.8, 4) is 0 Å². The average Bonchev–Trinajstić information content (AvgIpc) is 1.87. The molecule has 48 valence electrons. The van der Waals surface area contributed by atoms with Gasteiger partial charge in [-0.25, -0.2) is 9.64 Å². The highest BCUT2D eigenvalue weighted by molar-refractivity contribution is 5.85. The Bertz CT molecular complexity index is 177. The summed E-state index contributed by atoms with van der Waals surface area (Å²) < 4.78 is 4.00. The fourth-order valence-corrected chi connectivity index (χ4v) is 0.212. The molecule has 0 spiro atoms. The molecule has 0 radical (unpaired) electrons. The van der Waals surface area contributed by atoms with Gasteiger partial charge in [0.05, 0.1) is 13.7 Å². The molecule has 0 aliphatic carbocycles. The van der Waals surface area contributed by atoms with Crippen molar-refractivity contribution in [2.45, 2.75) is 0 Å². The molecular formula is C5H4NO3-. The monoisotopic (exact) mass is 126 g/mol. The van der Waals surface area contributed by atoms with Crippen molar-refractivity contribution in [2.24, 2.45) is 0 Å². The molecule has 0 aromatic heterocycles. The predicted octanol–water partition coefficient (Wildman–Crippen LogP) is -0.720. The summed E-state index contributed by atoms with van der Waals surface area (Å²) in [5.74, 6) is -1.93. The van der Waals surface area contributed by atoms with Crippen molar-refractivity contribution in [1.82, 2.24) is 0 Å². The molecule has 0 unspecified atom stereocenters. The van der Waals surface area contributed by atoms with Gasteiger partial charge in [0.25, 0.3) is 0 Å². The summed E-state index contributed by atoms with van der Waals surface area (Å²) in [5, 5.41) is 10.2. The summed E-state index contributed by atoms with van der Waals surface area (Å²) in [6.07, 6.45) is 0.575. The van der Waals surface area contributed by atoms with Crippen LogP contribution in [0.25, 0.3) is 4.85 Å². The summed E-state index contributed by atoms with van der Waals surface area (Å²) in [5.41, 5.74) is 0. The molecular weight excluding hydrogens is 122 g/mol. The lowest BCUT2D eigenvalue weighted by molar-refractivity contribution is -0.303. The Hall–Kier alpha value is -1.50. The molecule has 4 nitrogen and oxygen atoms in total. The molecule has 0 aromatic carbocycles. The highest BCUT2D eigenvalue weighted by atomic mass is 16.5. The Morgan fingerprint density at radius 1 is 1.89 bits per heavy atom. The summed E-state index contributed by atoms with van der Waals surface area (Å²) in [6, 6.07) is 0. The van der Waals surface area contributed by atoms with Crippen molar-refractivity contribution in [2.75, 3.05) is 7.11 Å². The largest absolute Gasteiger partial charge is 0.877 e. The Balaban J connectivity index is 4.07.